The van der Waals surface area contributed by atoms with Gasteiger partial charge in [0.15, 0.2) is 0 Å². The Morgan fingerprint density at radius 3 is 2.64 bits per heavy atom. The normalized spacial score (nSPS) is 12.0. The predicted molar refractivity (Wildman–Crippen MR) is 84.7 cm³/mol. The zero-order chi connectivity index (χ0) is 16.5. The number of nitrogens with one attached hydrogen (secondary N) is 2. The smallest absolute Gasteiger partial charge is 0.292 e. The Kier molecular flexibility index (Phi) is 7.31. The molecule has 0 aliphatic heterocycles. The van der Waals surface area contributed by atoms with E-state index in [2.05, 4.69) is 10.6 Å². The second-order valence-corrected chi connectivity index (χ2v) is 5.40. The Balaban J connectivity index is 2.30. The number of benzene rings is 1. The third-order valence-electron chi connectivity index (χ3n) is 3.30. The monoisotopic (exact) mass is 309 g/mol. The predicted octanol–water partition coefficient (Wildman–Crippen LogP) is 1.92. The average molecular weight is 309 g/mol. The largest absolute Gasteiger partial charge is 0.393 e. The van der Waals surface area contributed by atoms with Crippen molar-refractivity contribution in [1.82, 2.24) is 5.32 Å². The quantitative estimate of drug-likeness (QED) is 0.477. The summed E-state index contributed by atoms with van der Waals surface area (Å²) < 4.78 is 0. The van der Waals surface area contributed by atoms with E-state index in [1.807, 2.05) is 13.8 Å². The molecule has 7 heteroatoms. The van der Waals surface area contributed by atoms with Gasteiger partial charge in [-0.2, -0.15) is 0 Å². The molecule has 0 spiro atoms. The fourth-order valence-corrected chi connectivity index (χ4v) is 1.87. The summed E-state index contributed by atoms with van der Waals surface area (Å²) in [5, 5.41) is 26.1. The van der Waals surface area contributed by atoms with E-state index in [9.17, 15) is 20.0 Å². The van der Waals surface area contributed by atoms with Crippen LogP contribution in [-0.4, -0.2) is 35.1 Å². The molecule has 1 rings (SSSR count). The van der Waals surface area contributed by atoms with Gasteiger partial charge in [-0.25, -0.2) is 0 Å². The van der Waals surface area contributed by atoms with Gasteiger partial charge in [-0.05, 0) is 18.4 Å². The number of amides is 1. The lowest BCUT2D eigenvalue weighted by molar-refractivity contribution is -0.384. The topological polar surface area (TPSA) is 104 Å². The van der Waals surface area contributed by atoms with Crippen molar-refractivity contribution in [2.24, 2.45) is 5.92 Å². The summed E-state index contributed by atoms with van der Waals surface area (Å²) in [5.41, 5.74) is 0.387. The van der Waals surface area contributed by atoms with Gasteiger partial charge in [0.2, 0.25) is 5.91 Å². The van der Waals surface area contributed by atoms with Crippen LogP contribution in [0, 0.1) is 16.0 Å². The minimum absolute atomic E-state index is 0.0111. The highest BCUT2D eigenvalue weighted by atomic mass is 16.6. The van der Waals surface area contributed by atoms with Crippen molar-refractivity contribution in [3.63, 3.8) is 0 Å². The number of para-hydroxylation sites is 2. The number of hydrogen-bond donors (Lipinski definition) is 3. The van der Waals surface area contributed by atoms with Gasteiger partial charge in [0.1, 0.15) is 5.69 Å². The second kappa shape index (κ2) is 8.99. The SMILES string of the molecule is CC(C)C(O)CCNC(=O)CCNc1ccccc1[N+](=O)[O-]. The molecular weight excluding hydrogens is 286 g/mol. The summed E-state index contributed by atoms with van der Waals surface area (Å²) in [6.45, 7) is 4.57. The summed E-state index contributed by atoms with van der Waals surface area (Å²) in [4.78, 5) is 22.0. The third kappa shape index (κ3) is 6.09. The van der Waals surface area contributed by atoms with Crippen LogP contribution >= 0.6 is 0 Å². The standard InChI is InChI=1S/C15H23N3O4/c1-11(2)14(19)7-9-17-15(20)8-10-16-12-5-3-4-6-13(12)18(21)22/h3-6,11,14,16,19H,7-10H2,1-2H3,(H,17,20). The Morgan fingerprint density at radius 2 is 2.00 bits per heavy atom. The minimum atomic E-state index is -0.463. The highest BCUT2D eigenvalue weighted by molar-refractivity contribution is 5.76. The molecule has 1 unspecified atom stereocenters. The molecule has 0 aliphatic carbocycles. The van der Waals surface area contributed by atoms with E-state index >= 15 is 0 Å². The van der Waals surface area contributed by atoms with Crippen LogP contribution in [0.25, 0.3) is 0 Å². The van der Waals surface area contributed by atoms with Gasteiger partial charge in [-0.1, -0.05) is 26.0 Å². The average Bonchev–Trinajstić information content (AvgIpc) is 2.47. The number of carbonyl (C=O) groups is 1. The first-order valence-electron chi connectivity index (χ1n) is 7.34. The number of aliphatic hydroxyl groups is 1. The fourth-order valence-electron chi connectivity index (χ4n) is 1.87. The van der Waals surface area contributed by atoms with Gasteiger partial charge >= 0.3 is 0 Å². The molecule has 0 radical (unpaired) electrons. The van der Waals surface area contributed by atoms with Crippen molar-refractivity contribution in [3.05, 3.63) is 34.4 Å². The summed E-state index contributed by atoms with van der Waals surface area (Å²) >= 11 is 0. The van der Waals surface area contributed by atoms with Gasteiger partial charge < -0.3 is 15.7 Å². The lowest BCUT2D eigenvalue weighted by Crippen LogP contribution is -2.29. The molecule has 3 N–H and O–H groups in total. The van der Waals surface area contributed by atoms with Gasteiger partial charge in [-0.3, -0.25) is 14.9 Å². The van der Waals surface area contributed by atoms with Gasteiger partial charge in [0.05, 0.1) is 11.0 Å². The molecule has 122 valence electrons. The van der Waals surface area contributed by atoms with Crippen LogP contribution < -0.4 is 10.6 Å². The number of rotatable bonds is 9. The van der Waals surface area contributed by atoms with Crippen LogP contribution in [-0.2, 0) is 4.79 Å². The number of carbonyl (C=O) groups excluding carboxylic acids is 1. The Labute approximate surface area is 129 Å². The molecule has 22 heavy (non-hydrogen) atoms. The van der Waals surface area contributed by atoms with Crippen molar-refractivity contribution in [1.29, 1.82) is 0 Å². The first-order chi connectivity index (χ1) is 10.4. The molecule has 0 aliphatic rings. The first-order valence-corrected chi connectivity index (χ1v) is 7.34. The number of nitro benzene ring substituents is 1. The molecule has 0 aromatic heterocycles. The molecule has 0 saturated carbocycles. The van der Waals surface area contributed by atoms with E-state index in [1.54, 1.807) is 18.2 Å². The van der Waals surface area contributed by atoms with Crippen LogP contribution in [0.3, 0.4) is 0 Å². The second-order valence-electron chi connectivity index (χ2n) is 5.40. The Morgan fingerprint density at radius 1 is 1.32 bits per heavy atom. The molecule has 1 aromatic carbocycles. The molecule has 0 heterocycles. The van der Waals surface area contributed by atoms with Crippen molar-refractivity contribution in [3.8, 4) is 0 Å². The van der Waals surface area contributed by atoms with Gasteiger partial charge in [0.25, 0.3) is 5.69 Å². The highest BCUT2D eigenvalue weighted by Gasteiger charge is 2.12. The van der Waals surface area contributed by atoms with Crippen LogP contribution in [0.2, 0.25) is 0 Å². The van der Waals surface area contributed by atoms with Crippen molar-refractivity contribution in [2.75, 3.05) is 18.4 Å². The zero-order valence-corrected chi connectivity index (χ0v) is 12.9. The van der Waals surface area contributed by atoms with Gasteiger partial charge in [0, 0.05) is 25.6 Å². The molecule has 0 saturated heterocycles. The maximum Gasteiger partial charge on any atom is 0.292 e. The zero-order valence-electron chi connectivity index (χ0n) is 12.9. The van der Waals surface area contributed by atoms with E-state index in [4.69, 9.17) is 0 Å². The molecule has 1 amide bonds. The van der Waals surface area contributed by atoms with E-state index < -0.39 is 11.0 Å². The summed E-state index contributed by atoms with van der Waals surface area (Å²) in [5.74, 6) is 0.0132. The first kappa shape index (κ1) is 17.9. The number of aliphatic hydroxyl groups excluding tert-OH is 1. The maximum atomic E-state index is 11.6. The molecule has 1 aromatic rings. The summed E-state index contributed by atoms with van der Waals surface area (Å²) in [6, 6.07) is 6.31. The van der Waals surface area contributed by atoms with E-state index in [0.29, 0.717) is 25.2 Å². The Hall–Kier alpha value is -2.15. The third-order valence-corrected chi connectivity index (χ3v) is 3.30. The maximum absolute atomic E-state index is 11.6. The van der Waals surface area contributed by atoms with Crippen LogP contribution in [0.5, 0.6) is 0 Å². The molecule has 0 fully saturated rings. The molecular formula is C15H23N3O4. The number of hydrogen-bond acceptors (Lipinski definition) is 5. The van der Waals surface area contributed by atoms with Crippen LogP contribution in [0.4, 0.5) is 11.4 Å². The number of nitro groups is 1. The summed E-state index contributed by atoms with van der Waals surface area (Å²) in [6.07, 6.45) is 0.301. The van der Waals surface area contributed by atoms with E-state index in [1.165, 1.54) is 6.07 Å². The van der Waals surface area contributed by atoms with Gasteiger partial charge in [-0.15, -0.1) is 0 Å². The minimum Gasteiger partial charge on any atom is -0.393 e. The molecule has 7 nitrogen and oxygen atoms in total. The lowest BCUT2D eigenvalue weighted by Gasteiger charge is -2.14. The van der Waals surface area contributed by atoms with E-state index in [0.717, 1.165) is 0 Å². The lowest BCUT2D eigenvalue weighted by atomic mass is 10.0. The van der Waals surface area contributed by atoms with Crippen molar-refractivity contribution < 1.29 is 14.8 Å². The van der Waals surface area contributed by atoms with Crippen LogP contribution in [0.1, 0.15) is 26.7 Å². The van der Waals surface area contributed by atoms with Crippen LogP contribution in [0.15, 0.2) is 24.3 Å². The number of anilines is 1. The molecule has 0 bridgehead atoms. The van der Waals surface area contributed by atoms with E-state index in [-0.39, 0.29) is 23.9 Å². The van der Waals surface area contributed by atoms with Crippen molar-refractivity contribution in [2.45, 2.75) is 32.8 Å². The summed E-state index contributed by atoms with van der Waals surface area (Å²) in [7, 11) is 0. The molecule has 1 atom stereocenters. The Bertz CT molecular complexity index is 505. The number of nitrogens with zero attached hydrogens (tertiary/aromatic N) is 1. The van der Waals surface area contributed by atoms with Crippen molar-refractivity contribution >= 4 is 17.3 Å². The fraction of sp³-hybridized carbons (Fsp3) is 0.533. The highest BCUT2D eigenvalue weighted by Crippen LogP contribution is 2.22.